The van der Waals surface area contributed by atoms with Crippen molar-refractivity contribution in [2.24, 2.45) is 5.92 Å². The lowest BCUT2D eigenvalue weighted by Gasteiger charge is -2.37. The fourth-order valence-corrected chi connectivity index (χ4v) is 1.93. The molecule has 0 aliphatic carbocycles. The summed E-state index contributed by atoms with van der Waals surface area (Å²) in [6.45, 7) is 1.53. The van der Waals surface area contributed by atoms with Gasteiger partial charge < -0.3 is 4.90 Å². The van der Waals surface area contributed by atoms with Gasteiger partial charge in [-0.2, -0.15) is 0 Å². The molecule has 2 rings (SSSR count). The van der Waals surface area contributed by atoms with Gasteiger partial charge in [0.05, 0.1) is 6.20 Å². The molecule has 1 fully saturated rings. The molecule has 0 radical (unpaired) electrons. The number of carbonyl (C=O) groups is 1. The highest BCUT2D eigenvalue weighted by atomic mass is 35.5. The van der Waals surface area contributed by atoms with Crippen LogP contribution in [-0.2, 0) is 0 Å². The highest BCUT2D eigenvalue weighted by Crippen LogP contribution is 2.20. The molecule has 0 aromatic carbocycles. The van der Waals surface area contributed by atoms with Crippen LogP contribution in [-0.4, -0.2) is 39.4 Å². The Balaban J connectivity index is 1.94. The number of amides is 1. The summed E-state index contributed by atoms with van der Waals surface area (Å²) in [6, 6.07) is 0. The number of alkyl halides is 1. The first-order valence-electron chi connectivity index (χ1n) is 3.94. The van der Waals surface area contributed by atoms with Crippen LogP contribution in [0, 0.1) is 5.92 Å². The van der Waals surface area contributed by atoms with Crippen LogP contribution in [0.3, 0.4) is 0 Å². The van der Waals surface area contributed by atoms with Crippen LogP contribution in [0.25, 0.3) is 0 Å². The number of aromatic nitrogens is 2. The highest BCUT2D eigenvalue weighted by Gasteiger charge is 2.31. The Morgan fingerprint density at radius 3 is 3.08 bits per heavy atom. The van der Waals surface area contributed by atoms with Gasteiger partial charge in [-0.05, 0) is 11.5 Å². The van der Waals surface area contributed by atoms with Crippen molar-refractivity contribution >= 4 is 29.0 Å². The molecule has 6 heteroatoms. The summed E-state index contributed by atoms with van der Waals surface area (Å²) in [4.78, 5) is 13.9. The Kier molecular flexibility index (Phi) is 2.46. The molecule has 4 nitrogen and oxygen atoms in total. The van der Waals surface area contributed by atoms with E-state index in [4.69, 9.17) is 11.6 Å². The van der Waals surface area contributed by atoms with Gasteiger partial charge in [0.1, 0.15) is 4.88 Å². The van der Waals surface area contributed by atoms with Gasteiger partial charge in [-0.3, -0.25) is 4.79 Å². The van der Waals surface area contributed by atoms with Crippen LogP contribution in [0.5, 0.6) is 0 Å². The van der Waals surface area contributed by atoms with Crippen molar-refractivity contribution in [1.82, 2.24) is 14.5 Å². The van der Waals surface area contributed by atoms with Crippen molar-refractivity contribution in [2.45, 2.75) is 0 Å². The second kappa shape index (κ2) is 3.59. The quantitative estimate of drug-likeness (QED) is 0.690. The number of rotatable bonds is 2. The van der Waals surface area contributed by atoms with E-state index >= 15 is 0 Å². The van der Waals surface area contributed by atoms with Crippen molar-refractivity contribution < 1.29 is 4.79 Å². The Bertz CT molecular complexity index is 297. The Labute approximate surface area is 84.7 Å². The second-order valence-corrected chi connectivity index (χ2v) is 4.11. The molecule has 0 N–H and O–H groups in total. The second-order valence-electron chi connectivity index (χ2n) is 3.01. The van der Waals surface area contributed by atoms with Crippen molar-refractivity contribution in [3.05, 3.63) is 11.1 Å². The summed E-state index contributed by atoms with van der Waals surface area (Å²) in [5, 5.41) is 3.62. The summed E-state index contributed by atoms with van der Waals surface area (Å²) in [5.74, 6) is 1.12. The SMILES string of the molecule is O=C(c1cnns1)N1CC(CCl)C1. The van der Waals surface area contributed by atoms with E-state index in [0.29, 0.717) is 16.7 Å². The summed E-state index contributed by atoms with van der Waals surface area (Å²) in [6.07, 6.45) is 1.50. The van der Waals surface area contributed by atoms with Gasteiger partial charge in [0.2, 0.25) is 0 Å². The summed E-state index contributed by atoms with van der Waals surface area (Å²) < 4.78 is 3.64. The molecular formula is C7H8ClN3OS. The monoisotopic (exact) mass is 217 g/mol. The molecule has 0 saturated carbocycles. The zero-order valence-corrected chi connectivity index (χ0v) is 8.38. The predicted octanol–water partition coefficient (Wildman–Crippen LogP) is 0.849. The smallest absolute Gasteiger partial charge is 0.267 e. The van der Waals surface area contributed by atoms with E-state index < -0.39 is 0 Å². The van der Waals surface area contributed by atoms with Crippen LogP contribution in [0.2, 0.25) is 0 Å². The van der Waals surface area contributed by atoms with Gasteiger partial charge in [0.25, 0.3) is 5.91 Å². The fourth-order valence-electron chi connectivity index (χ4n) is 1.25. The summed E-state index contributed by atoms with van der Waals surface area (Å²) in [7, 11) is 0. The van der Waals surface area contributed by atoms with Gasteiger partial charge in [-0.25, -0.2) is 0 Å². The third-order valence-corrected chi connectivity index (χ3v) is 3.12. The predicted molar refractivity (Wildman–Crippen MR) is 50.0 cm³/mol. The van der Waals surface area contributed by atoms with E-state index in [0.717, 1.165) is 24.6 Å². The van der Waals surface area contributed by atoms with Gasteiger partial charge >= 0.3 is 0 Å². The molecule has 13 heavy (non-hydrogen) atoms. The van der Waals surface area contributed by atoms with Gasteiger partial charge in [-0.1, -0.05) is 4.49 Å². The molecule has 1 aliphatic rings. The average molecular weight is 218 g/mol. The average Bonchev–Trinajstić information content (AvgIpc) is 2.53. The number of hydrogen-bond acceptors (Lipinski definition) is 4. The highest BCUT2D eigenvalue weighted by molar-refractivity contribution is 7.07. The minimum absolute atomic E-state index is 0.0244. The Morgan fingerprint density at radius 2 is 2.54 bits per heavy atom. The largest absolute Gasteiger partial charge is 0.337 e. The molecule has 1 amide bonds. The zero-order valence-electron chi connectivity index (χ0n) is 6.81. The van der Waals surface area contributed by atoms with Crippen LogP contribution < -0.4 is 0 Å². The molecule has 0 atom stereocenters. The fraction of sp³-hybridized carbons (Fsp3) is 0.571. The maximum absolute atomic E-state index is 11.6. The molecule has 0 bridgehead atoms. The lowest BCUT2D eigenvalue weighted by molar-refractivity contribution is 0.0540. The lowest BCUT2D eigenvalue weighted by atomic mass is 10.0. The summed E-state index contributed by atoms with van der Waals surface area (Å²) in [5.41, 5.74) is 0. The summed E-state index contributed by atoms with van der Waals surface area (Å²) >= 11 is 6.77. The zero-order chi connectivity index (χ0) is 9.26. The molecule has 70 valence electrons. The molecule has 1 saturated heterocycles. The molecule has 2 heterocycles. The molecular weight excluding hydrogens is 210 g/mol. The maximum atomic E-state index is 11.6. The molecule has 1 aliphatic heterocycles. The molecule has 0 unspecified atom stereocenters. The molecule has 1 aromatic heterocycles. The van der Waals surface area contributed by atoms with Crippen molar-refractivity contribution in [3.8, 4) is 0 Å². The van der Waals surface area contributed by atoms with Crippen molar-refractivity contribution in [2.75, 3.05) is 19.0 Å². The van der Waals surface area contributed by atoms with E-state index in [1.54, 1.807) is 4.90 Å². The number of hydrogen-bond donors (Lipinski definition) is 0. The van der Waals surface area contributed by atoms with Crippen LogP contribution in [0.1, 0.15) is 9.67 Å². The van der Waals surface area contributed by atoms with Gasteiger partial charge in [0.15, 0.2) is 0 Å². The third-order valence-electron chi connectivity index (χ3n) is 2.03. The first kappa shape index (κ1) is 8.90. The standard InChI is InChI=1S/C7H8ClN3OS/c8-1-5-3-11(4-5)7(12)6-2-9-10-13-6/h2,5H,1,3-4H2. The van der Waals surface area contributed by atoms with Crippen molar-refractivity contribution in [3.63, 3.8) is 0 Å². The van der Waals surface area contributed by atoms with E-state index in [9.17, 15) is 4.79 Å². The first-order chi connectivity index (χ1) is 6.31. The third kappa shape index (κ3) is 1.66. The van der Waals surface area contributed by atoms with Crippen LogP contribution >= 0.6 is 23.1 Å². The molecule has 0 spiro atoms. The minimum atomic E-state index is 0.0244. The van der Waals surface area contributed by atoms with E-state index in [2.05, 4.69) is 9.59 Å². The normalized spacial score (nSPS) is 17.2. The lowest BCUT2D eigenvalue weighted by Crippen LogP contribution is -2.50. The van der Waals surface area contributed by atoms with Crippen LogP contribution in [0.15, 0.2) is 6.20 Å². The Hall–Kier alpha value is -0.680. The maximum Gasteiger partial charge on any atom is 0.267 e. The van der Waals surface area contributed by atoms with Gasteiger partial charge in [0, 0.05) is 24.9 Å². The van der Waals surface area contributed by atoms with Gasteiger partial charge in [-0.15, -0.1) is 16.7 Å². The topological polar surface area (TPSA) is 46.1 Å². The molecule has 1 aromatic rings. The number of carbonyl (C=O) groups excluding carboxylic acids is 1. The van der Waals surface area contributed by atoms with E-state index in [1.165, 1.54) is 6.20 Å². The van der Waals surface area contributed by atoms with E-state index in [1.807, 2.05) is 0 Å². The van der Waals surface area contributed by atoms with E-state index in [-0.39, 0.29) is 5.91 Å². The first-order valence-corrected chi connectivity index (χ1v) is 5.24. The Morgan fingerprint density at radius 1 is 1.77 bits per heavy atom. The number of nitrogens with zero attached hydrogens (tertiary/aromatic N) is 3. The minimum Gasteiger partial charge on any atom is -0.337 e. The van der Waals surface area contributed by atoms with Crippen LogP contribution in [0.4, 0.5) is 0 Å². The van der Waals surface area contributed by atoms with Crippen molar-refractivity contribution in [1.29, 1.82) is 0 Å². The number of likely N-dealkylation sites (tertiary alicyclic amines) is 1. The number of halogens is 1.